The van der Waals surface area contributed by atoms with Gasteiger partial charge in [0.05, 0.1) is 10.6 Å². The summed E-state index contributed by atoms with van der Waals surface area (Å²) in [5.74, 6) is -1.28. The molecule has 0 radical (unpaired) electrons. The molecule has 0 aliphatic carbocycles. The van der Waals surface area contributed by atoms with E-state index < -0.39 is 5.97 Å². The number of halogens is 1. The Bertz CT molecular complexity index is 644. The van der Waals surface area contributed by atoms with Crippen LogP contribution in [0.2, 0.25) is 0 Å². The molecule has 0 unspecified atom stereocenters. The van der Waals surface area contributed by atoms with Gasteiger partial charge in [-0.05, 0) is 28.1 Å². The highest BCUT2D eigenvalue weighted by atomic mass is 79.9. The number of carbonyl (C=O) groups excluding carboxylic acids is 1. The highest BCUT2D eigenvalue weighted by molar-refractivity contribution is 9.10. The van der Waals surface area contributed by atoms with Crippen LogP contribution in [0.1, 0.15) is 25.9 Å². The minimum absolute atomic E-state index is 0.0336. The number of pyridine rings is 1. The first-order valence-corrected chi connectivity index (χ1v) is 7.31. The van der Waals surface area contributed by atoms with E-state index >= 15 is 0 Å². The number of thiazole rings is 1. The van der Waals surface area contributed by atoms with Gasteiger partial charge in [0.2, 0.25) is 0 Å². The van der Waals surface area contributed by atoms with Crippen molar-refractivity contribution in [3.8, 4) is 0 Å². The van der Waals surface area contributed by atoms with Crippen LogP contribution in [0, 0.1) is 0 Å². The van der Waals surface area contributed by atoms with E-state index in [2.05, 4.69) is 31.2 Å². The molecule has 0 aliphatic rings. The number of nitrogens with zero attached hydrogens (tertiary/aromatic N) is 2. The summed E-state index contributed by atoms with van der Waals surface area (Å²) < 4.78 is 0.486. The molecule has 0 spiro atoms. The summed E-state index contributed by atoms with van der Waals surface area (Å²) >= 11 is 4.47. The first-order chi connectivity index (χ1) is 9.58. The number of aromatic carboxylic acids is 1. The molecule has 0 aromatic carbocycles. The molecule has 20 heavy (non-hydrogen) atoms. The highest BCUT2D eigenvalue weighted by Crippen LogP contribution is 2.13. The van der Waals surface area contributed by atoms with E-state index in [0.717, 1.165) is 0 Å². The van der Waals surface area contributed by atoms with E-state index in [0.29, 0.717) is 28.1 Å². The zero-order chi connectivity index (χ0) is 14.5. The summed E-state index contributed by atoms with van der Waals surface area (Å²) in [6.07, 6.45) is 2.07. The quantitative estimate of drug-likeness (QED) is 0.800. The Hall–Kier alpha value is -1.80. The molecule has 0 atom stereocenters. The third kappa shape index (κ3) is 3.61. The number of carboxylic acids is 1. The van der Waals surface area contributed by atoms with Crippen LogP contribution >= 0.6 is 27.3 Å². The molecule has 8 heteroatoms. The Morgan fingerprint density at radius 3 is 2.90 bits per heavy atom. The molecule has 0 saturated heterocycles. The Balaban J connectivity index is 1.88. The summed E-state index contributed by atoms with van der Waals surface area (Å²) in [6.45, 7) is 0.382. The van der Waals surface area contributed by atoms with E-state index in [1.807, 2.05) is 0 Å². The maximum atomic E-state index is 11.9. The van der Waals surface area contributed by atoms with Gasteiger partial charge in [-0.15, -0.1) is 11.3 Å². The molecule has 0 saturated carbocycles. The van der Waals surface area contributed by atoms with Gasteiger partial charge in [-0.25, -0.2) is 14.8 Å². The number of hydrogen-bond donors (Lipinski definition) is 2. The van der Waals surface area contributed by atoms with E-state index in [-0.39, 0.29) is 11.6 Å². The van der Waals surface area contributed by atoms with Gasteiger partial charge in [-0.3, -0.25) is 4.79 Å². The first-order valence-electron chi connectivity index (χ1n) is 5.64. The lowest BCUT2D eigenvalue weighted by molar-refractivity contribution is 0.0690. The van der Waals surface area contributed by atoms with Crippen LogP contribution in [0.3, 0.4) is 0 Å². The SMILES string of the molecule is O=C(O)c1csc(CCNC(=O)c2cccnc2Br)n1. The molecule has 2 rings (SSSR count). The Morgan fingerprint density at radius 2 is 2.25 bits per heavy atom. The standard InChI is InChI=1S/C12H10BrN3O3S/c13-10-7(2-1-4-14-10)11(17)15-5-3-9-16-8(6-20-9)12(18)19/h1-2,4,6H,3,5H2,(H,15,17)(H,18,19). The Morgan fingerprint density at radius 1 is 1.45 bits per heavy atom. The van der Waals surface area contributed by atoms with Crippen molar-refractivity contribution in [2.24, 2.45) is 0 Å². The summed E-state index contributed by atoms with van der Waals surface area (Å²) in [6, 6.07) is 3.35. The monoisotopic (exact) mass is 355 g/mol. The van der Waals surface area contributed by atoms with Crippen molar-refractivity contribution in [2.75, 3.05) is 6.54 Å². The van der Waals surface area contributed by atoms with Crippen LogP contribution in [-0.4, -0.2) is 33.5 Å². The van der Waals surface area contributed by atoms with Crippen LogP contribution in [0.4, 0.5) is 0 Å². The van der Waals surface area contributed by atoms with Crippen molar-refractivity contribution < 1.29 is 14.7 Å². The predicted octanol–water partition coefficient (Wildman–Crippen LogP) is 1.97. The van der Waals surface area contributed by atoms with Gasteiger partial charge < -0.3 is 10.4 Å². The van der Waals surface area contributed by atoms with Crippen molar-refractivity contribution in [3.63, 3.8) is 0 Å². The van der Waals surface area contributed by atoms with Crippen molar-refractivity contribution in [3.05, 3.63) is 44.6 Å². The third-order valence-corrected chi connectivity index (χ3v) is 3.94. The largest absolute Gasteiger partial charge is 0.476 e. The lowest BCUT2D eigenvalue weighted by Crippen LogP contribution is -2.26. The van der Waals surface area contributed by atoms with Gasteiger partial charge in [-0.2, -0.15) is 0 Å². The first kappa shape index (κ1) is 14.6. The van der Waals surface area contributed by atoms with Gasteiger partial charge in [0, 0.05) is 24.5 Å². The molecule has 2 N–H and O–H groups in total. The van der Waals surface area contributed by atoms with E-state index in [4.69, 9.17) is 5.11 Å². The molecule has 0 aliphatic heterocycles. The van der Waals surface area contributed by atoms with Crippen molar-refractivity contribution in [1.29, 1.82) is 0 Å². The fourth-order valence-corrected chi connectivity index (χ4v) is 2.66. The number of nitrogens with one attached hydrogen (secondary N) is 1. The molecule has 2 heterocycles. The summed E-state index contributed by atoms with van der Waals surface area (Å²) in [5, 5.41) is 13.6. The van der Waals surface area contributed by atoms with E-state index in [1.54, 1.807) is 18.3 Å². The molecule has 2 aromatic rings. The topological polar surface area (TPSA) is 92.2 Å². The van der Waals surface area contributed by atoms with Gasteiger partial charge >= 0.3 is 5.97 Å². The minimum atomic E-state index is -1.05. The Kier molecular flexibility index (Phi) is 4.80. The smallest absolute Gasteiger partial charge is 0.355 e. The second-order valence-electron chi connectivity index (χ2n) is 3.78. The van der Waals surface area contributed by atoms with Crippen LogP contribution in [0.15, 0.2) is 28.3 Å². The van der Waals surface area contributed by atoms with Crippen LogP contribution in [-0.2, 0) is 6.42 Å². The molecule has 6 nitrogen and oxygen atoms in total. The number of carboxylic acid groups (broad SMARTS) is 1. The van der Waals surface area contributed by atoms with Crippen LogP contribution in [0.5, 0.6) is 0 Å². The second kappa shape index (κ2) is 6.58. The molecule has 2 aromatic heterocycles. The van der Waals surface area contributed by atoms with E-state index in [9.17, 15) is 9.59 Å². The number of hydrogen-bond acceptors (Lipinski definition) is 5. The molecular weight excluding hydrogens is 346 g/mol. The molecular formula is C12H10BrN3O3S. The zero-order valence-corrected chi connectivity index (χ0v) is 12.6. The Labute approximate surface area is 127 Å². The summed E-state index contributed by atoms with van der Waals surface area (Å²) in [7, 11) is 0. The molecule has 0 fully saturated rings. The summed E-state index contributed by atoms with van der Waals surface area (Å²) in [5.41, 5.74) is 0.490. The van der Waals surface area contributed by atoms with Crippen molar-refractivity contribution in [1.82, 2.24) is 15.3 Å². The normalized spacial score (nSPS) is 10.2. The van der Waals surface area contributed by atoms with Crippen LogP contribution < -0.4 is 5.32 Å². The lowest BCUT2D eigenvalue weighted by atomic mass is 10.2. The van der Waals surface area contributed by atoms with E-state index in [1.165, 1.54) is 16.7 Å². The van der Waals surface area contributed by atoms with Gasteiger partial charge in [0.15, 0.2) is 5.69 Å². The molecule has 0 bridgehead atoms. The van der Waals surface area contributed by atoms with Gasteiger partial charge in [0.1, 0.15) is 4.60 Å². The number of carbonyl (C=O) groups is 2. The number of rotatable bonds is 5. The third-order valence-electron chi connectivity index (χ3n) is 2.40. The molecule has 104 valence electrons. The van der Waals surface area contributed by atoms with Crippen molar-refractivity contribution >= 4 is 39.1 Å². The summed E-state index contributed by atoms with van der Waals surface area (Å²) in [4.78, 5) is 30.5. The minimum Gasteiger partial charge on any atom is -0.476 e. The average Bonchev–Trinajstić information content (AvgIpc) is 2.88. The predicted molar refractivity (Wildman–Crippen MR) is 77.0 cm³/mol. The maximum Gasteiger partial charge on any atom is 0.355 e. The fourth-order valence-electron chi connectivity index (χ4n) is 1.46. The van der Waals surface area contributed by atoms with Gasteiger partial charge in [-0.1, -0.05) is 0 Å². The average molecular weight is 356 g/mol. The number of aromatic nitrogens is 2. The fraction of sp³-hybridized carbons (Fsp3) is 0.167. The zero-order valence-electron chi connectivity index (χ0n) is 10.2. The van der Waals surface area contributed by atoms with Crippen LogP contribution in [0.25, 0.3) is 0 Å². The number of amides is 1. The van der Waals surface area contributed by atoms with Gasteiger partial charge in [0.25, 0.3) is 5.91 Å². The van der Waals surface area contributed by atoms with Crippen molar-refractivity contribution in [2.45, 2.75) is 6.42 Å². The lowest BCUT2D eigenvalue weighted by Gasteiger charge is -2.04. The maximum absolute atomic E-state index is 11.9. The highest BCUT2D eigenvalue weighted by Gasteiger charge is 2.11. The second-order valence-corrected chi connectivity index (χ2v) is 5.47. The molecule has 1 amide bonds.